The van der Waals surface area contributed by atoms with Gasteiger partial charge in [0, 0.05) is 35.9 Å². The van der Waals surface area contributed by atoms with E-state index in [1.807, 2.05) is 0 Å². The third kappa shape index (κ3) is 2.81. The van der Waals surface area contributed by atoms with Crippen molar-refractivity contribution in [3.05, 3.63) is 33.2 Å². The third-order valence-electron chi connectivity index (χ3n) is 3.22. The van der Waals surface area contributed by atoms with Gasteiger partial charge in [-0.1, -0.05) is 0 Å². The standard InChI is InChI=1S/C12H16BrN3O2/c13-9-3-4-11(17)15(7-9)8-12(18)16-5-1-2-10(16)6-14/h3-4,7,10H,1-2,5-6,8,14H2. The Balaban J connectivity index is 2.11. The van der Waals surface area contributed by atoms with Gasteiger partial charge in [0.2, 0.25) is 5.91 Å². The summed E-state index contributed by atoms with van der Waals surface area (Å²) in [5.41, 5.74) is 5.47. The minimum absolute atomic E-state index is 0.0387. The Bertz CT molecular complexity index is 500. The monoisotopic (exact) mass is 313 g/mol. The second kappa shape index (κ2) is 5.67. The number of nitrogens with zero attached hydrogens (tertiary/aromatic N) is 2. The van der Waals surface area contributed by atoms with E-state index in [9.17, 15) is 9.59 Å². The lowest BCUT2D eigenvalue weighted by atomic mass is 10.2. The first-order valence-corrected chi connectivity index (χ1v) is 6.76. The molecule has 1 amide bonds. The van der Waals surface area contributed by atoms with Crippen LogP contribution in [-0.2, 0) is 11.3 Å². The molecule has 2 rings (SSSR count). The highest BCUT2D eigenvalue weighted by molar-refractivity contribution is 9.10. The van der Waals surface area contributed by atoms with E-state index in [-0.39, 0.29) is 24.1 Å². The van der Waals surface area contributed by atoms with Gasteiger partial charge in [-0.05, 0) is 34.8 Å². The second-order valence-corrected chi connectivity index (χ2v) is 5.35. The van der Waals surface area contributed by atoms with Gasteiger partial charge in [-0.15, -0.1) is 0 Å². The molecule has 1 aromatic rings. The average molecular weight is 314 g/mol. The molecule has 0 radical (unpaired) electrons. The minimum atomic E-state index is -0.171. The SMILES string of the molecule is NCC1CCCN1C(=O)Cn1cc(Br)ccc1=O. The molecule has 6 heteroatoms. The molecule has 2 N–H and O–H groups in total. The van der Waals surface area contributed by atoms with Crippen LogP contribution in [0.1, 0.15) is 12.8 Å². The minimum Gasteiger partial charge on any atom is -0.337 e. The molecule has 98 valence electrons. The maximum atomic E-state index is 12.1. The zero-order chi connectivity index (χ0) is 13.1. The van der Waals surface area contributed by atoms with Crippen LogP contribution in [0.5, 0.6) is 0 Å². The van der Waals surface area contributed by atoms with Crippen LogP contribution in [0.4, 0.5) is 0 Å². The Kier molecular flexibility index (Phi) is 4.19. The largest absolute Gasteiger partial charge is 0.337 e. The highest BCUT2D eigenvalue weighted by Crippen LogP contribution is 2.16. The number of pyridine rings is 1. The summed E-state index contributed by atoms with van der Waals surface area (Å²) in [5, 5.41) is 0. The molecule has 0 aliphatic carbocycles. The van der Waals surface area contributed by atoms with E-state index in [4.69, 9.17) is 5.73 Å². The molecule has 1 aromatic heterocycles. The van der Waals surface area contributed by atoms with E-state index in [1.165, 1.54) is 10.6 Å². The second-order valence-electron chi connectivity index (χ2n) is 4.43. The van der Waals surface area contributed by atoms with Crippen molar-refractivity contribution < 1.29 is 4.79 Å². The first kappa shape index (κ1) is 13.3. The normalized spacial score (nSPS) is 19.2. The van der Waals surface area contributed by atoms with Gasteiger partial charge in [0.25, 0.3) is 5.56 Å². The van der Waals surface area contributed by atoms with Crippen LogP contribution in [-0.4, -0.2) is 34.5 Å². The molecule has 1 fully saturated rings. The summed E-state index contributed by atoms with van der Waals surface area (Å²) in [7, 11) is 0. The van der Waals surface area contributed by atoms with E-state index in [0.717, 1.165) is 23.9 Å². The fourth-order valence-electron chi connectivity index (χ4n) is 2.27. The lowest BCUT2D eigenvalue weighted by Crippen LogP contribution is -2.42. The van der Waals surface area contributed by atoms with Crippen LogP contribution in [0.3, 0.4) is 0 Å². The molecule has 1 saturated heterocycles. The van der Waals surface area contributed by atoms with Crippen molar-refractivity contribution in [1.82, 2.24) is 9.47 Å². The molecule has 1 unspecified atom stereocenters. The number of hydrogen-bond acceptors (Lipinski definition) is 3. The van der Waals surface area contributed by atoms with E-state index < -0.39 is 0 Å². The number of likely N-dealkylation sites (tertiary alicyclic amines) is 1. The van der Waals surface area contributed by atoms with Gasteiger partial charge >= 0.3 is 0 Å². The summed E-state index contributed by atoms with van der Waals surface area (Å²) >= 11 is 3.29. The summed E-state index contributed by atoms with van der Waals surface area (Å²) in [6.07, 6.45) is 3.57. The van der Waals surface area contributed by atoms with Gasteiger partial charge < -0.3 is 15.2 Å². The number of nitrogens with two attached hydrogens (primary N) is 1. The fraction of sp³-hybridized carbons (Fsp3) is 0.500. The molecule has 1 aliphatic rings. The Hall–Kier alpha value is -1.14. The topological polar surface area (TPSA) is 68.3 Å². The Morgan fingerprint density at radius 3 is 3.00 bits per heavy atom. The molecule has 5 nitrogen and oxygen atoms in total. The van der Waals surface area contributed by atoms with Crippen molar-refractivity contribution in [3.63, 3.8) is 0 Å². The lowest BCUT2D eigenvalue weighted by Gasteiger charge is -2.23. The summed E-state index contributed by atoms with van der Waals surface area (Å²) in [4.78, 5) is 25.5. The highest BCUT2D eigenvalue weighted by atomic mass is 79.9. The van der Waals surface area contributed by atoms with Gasteiger partial charge in [0.05, 0.1) is 0 Å². The summed E-state index contributed by atoms with van der Waals surface area (Å²) in [5.74, 6) is -0.0387. The molecule has 0 aromatic carbocycles. The Morgan fingerprint density at radius 2 is 2.28 bits per heavy atom. The summed E-state index contributed by atoms with van der Waals surface area (Å²) in [6.45, 7) is 1.30. The van der Waals surface area contributed by atoms with Crippen LogP contribution >= 0.6 is 15.9 Å². The maximum Gasteiger partial charge on any atom is 0.251 e. The van der Waals surface area contributed by atoms with Crippen molar-refractivity contribution in [2.45, 2.75) is 25.4 Å². The number of amides is 1. The van der Waals surface area contributed by atoms with Crippen molar-refractivity contribution in [1.29, 1.82) is 0 Å². The molecule has 0 bridgehead atoms. The van der Waals surface area contributed by atoms with Gasteiger partial charge in [0.1, 0.15) is 6.54 Å². The summed E-state index contributed by atoms with van der Waals surface area (Å²) in [6, 6.07) is 3.24. The zero-order valence-electron chi connectivity index (χ0n) is 10.0. The van der Waals surface area contributed by atoms with Crippen molar-refractivity contribution in [2.75, 3.05) is 13.1 Å². The van der Waals surface area contributed by atoms with Crippen LogP contribution in [0.2, 0.25) is 0 Å². The quantitative estimate of drug-likeness (QED) is 0.886. The van der Waals surface area contributed by atoms with E-state index in [0.29, 0.717) is 6.54 Å². The molecule has 0 spiro atoms. The molecular formula is C12H16BrN3O2. The van der Waals surface area contributed by atoms with Gasteiger partial charge in [-0.25, -0.2) is 0 Å². The number of carbonyl (C=O) groups excluding carboxylic acids is 1. The predicted molar refractivity (Wildman–Crippen MR) is 72.2 cm³/mol. The van der Waals surface area contributed by atoms with Gasteiger partial charge in [-0.3, -0.25) is 9.59 Å². The number of halogens is 1. The van der Waals surface area contributed by atoms with Crippen LogP contribution in [0, 0.1) is 0 Å². The van der Waals surface area contributed by atoms with E-state index >= 15 is 0 Å². The zero-order valence-corrected chi connectivity index (χ0v) is 11.6. The van der Waals surface area contributed by atoms with Crippen molar-refractivity contribution >= 4 is 21.8 Å². The average Bonchev–Trinajstić information content (AvgIpc) is 2.82. The van der Waals surface area contributed by atoms with E-state index in [1.54, 1.807) is 17.2 Å². The molecule has 1 aliphatic heterocycles. The number of rotatable bonds is 3. The first-order chi connectivity index (χ1) is 8.61. The van der Waals surface area contributed by atoms with Crippen molar-refractivity contribution in [3.8, 4) is 0 Å². The highest BCUT2D eigenvalue weighted by Gasteiger charge is 2.27. The smallest absolute Gasteiger partial charge is 0.251 e. The molecule has 1 atom stereocenters. The number of hydrogen-bond donors (Lipinski definition) is 1. The van der Waals surface area contributed by atoms with E-state index in [2.05, 4.69) is 15.9 Å². The van der Waals surface area contributed by atoms with Gasteiger partial charge in [0.15, 0.2) is 0 Å². The van der Waals surface area contributed by atoms with Crippen molar-refractivity contribution in [2.24, 2.45) is 5.73 Å². The van der Waals surface area contributed by atoms with Crippen LogP contribution in [0.25, 0.3) is 0 Å². The molecule has 2 heterocycles. The molecular weight excluding hydrogens is 298 g/mol. The van der Waals surface area contributed by atoms with Gasteiger partial charge in [-0.2, -0.15) is 0 Å². The Morgan fingerprint density at radius 1 is 1.50 bits per heavy atom. The third-order valence-corrected chi connectivity index (χ3v) is 3.69. The Labute approximate surface area is 114 Å². The summed E-state index contributed by atoms with van der Waals surface area (Å²) < 4.78 is 2.20. The molecule has 0 saturated carbocycles. The van der Waals surface area contributed by atoms with Crippen LogP contribution in [0.15, 0.2) is 27.6 Å². The van der Waals surface area contributed by atoms with Crippen LogP contribution < -0.4 is 11.3 Å². The maximum absolute atomic E-state index is 12.1. The number of aromatic nitrogens is 1. The lowest BCUT2D eigenvalue weighted by molar-refractivity contribution is -0.132. The fourth-order valence-corrected chi connectivity index (χ4v) is 2.65. The molecule has 18 heavy (non-hydrogen) atoms. The first-order valence-electron chi connectivity index (χ1n) is 5.97. The number of carbonyl (C=O) groups is 1. The predicted octanol–water partition coefficient (Wildman–Crippen LogP) is 0.560.